The van der Waals surface area contributed by atoms with Gasteiger partial charge < -0.3 is 14.2 Å². The Hall–Kier alpha value is -4.05. The zero-order valence-corrected chi connectivity index (χ0v) is 19.0. The zero-order chi connectivity index (χ0) is 23.2. The smallest absolute Gasteiger partial charge is 0.349 e. The molecule has 4 heteroatoms. The number of fused-ring (bicyclic) bond motifs is 1. The summed E-state index contributed by atoms with van der Waals surface area (Å²) in [6.45, 7) is 3.71. The maximum absolute atomic E-state index is 12.4. The molecule has 166 valence electrons. The molecule has 0 atom stereocenters. The molecule has 0 amide bonds. The lowest BCUT2D eigenvalue weighted by molar-refractivity contribution is -0.136. The maximum atomic E-state index is 12.4. The molecule has 0 radical (unpaired) electrons. The van der Waals surface area contributed by atoms with Crippen LogP contribution in [-0.4, -0.2) is 19.7 Å². The van der Waals surface area contributed by atoms with E-state index in [4.69, 9.17) is 14.2 Å². The van der Waals surface area contributed by atoms with Gasteiger partial charge in [-0.1, -0.05) is 78.9 Å². The number of methoxy groups -OCH3 is 1. The maximum Gasteiger partial charge on any atom is 0.349 e. The van der Waals surface area contributed by atoms with Crippen LogP contribution in [0.5, 0.6) is 17.2 Å². The number of ether oxygens (including phenoxy) is 3. The van der Waals surface area contributed by atoms with Gasteiger partial charge in [0.1, 0.15) is 5.75 Å². The fourth-order valence-electron chi connectivity index (χ4n) is 3.76. The first-order chi connectivity index (χ1) is 16.0. The molecule has 0 aliphatic heterocycles. The average Bonchev–Trinajstić information content (AvgIpc) is 2.83. The van der Waals surface area contributed by atoms with Gasteiger partial charge >= 0.3 is 5.97 Å². The Morgan fingerprint density at radius 3 is 2.33 bits per heavy atom. The molecular weight excluding hydrogens is 412 g/mol. The minimum atomic E-state index is -0.491. The second-order valence-corrected chi connectivity index (χ2v) is 7.80. The summed E-state index contributed by atoms with van der Waals surface area (Å²) >= 11 is 0. The number of benzene rings is 4. The largest absolute Gasteiger partial charge is 0.493 e. The number of para-hydroxylation sites is 1. The van der Waals surface area contributed by atoms with Crippen LogP contribution in [0.15, 0.2) is 78.9 Å². The fraction of sp³-hybridized carbons (Fsp3) is 0.138. The van der Waals surface area contributed by atoms with Gasteiger partial charge in [-0.05, 0) is 59.0 Å². The monoisotopic (exact) mass is 438 g/mol. The van der Waals surface area contributed by atoms with Crippen molar-refractivity contribution >= 4 is 28.9 Å². The van der Waals surface area contributed by atoms with E-state index in [-0.39, 0.29) is 6.61 Å². The van der Waals surface area contributed by atoms with Crippen LogP contribution in [0.4, 0.5) is 0 Å². The van der Waals surface area contributed by atoms with Crippen LogP contribution in [0.2, 0.25) is 0 Å². The highest BCUT2D eigenvalue weighted by atomic mass is 16.6. The van der Waals surface area contributed by atoms with Gasteiger partial charge in [-0.25, -0.2) is 4.79 Å². The topological polar surface area (TPSA) is 44.8 Å². The lowest BCUT2D eigenvalue weighted by Crippen LogP contribution is -2.18. The molecule has 0 aliphatic rings. The van der Waals surface area contributed by atoms with Crippen LogP contribution in [0.1, 0.15) is 22.3 Å². The highest BCUT2D eigenvalue weighted by Gasteiger charge is 2.13. The van der Waals surface area contributed by atoms with Crippen molar-refractivity contribution in [3.63, 3.8) is 0 Å². The molecule has 0 aromatic heterocycles. The Balaban J connectivity index is 1.46. The van der Waals surface area contributed by atoms with Crippen molar-refractivity contribution in [3.8, 4) is 17.2 Å². The molecule has 4 rings (SSSR count). The third-order valence-corrected chi connectivity index (χ3v) is 5.43. The predicted molar refractivity (Wildman–Crippen MR) is 133 cm³/mol. The lowest BCUT2D eigenvalue weighted by Gasteiger charge is -2.13. The normalized spacial score (nSPS) is 11.0. The number of carbonyl (C=O) groups is 1. The fourth-order valence-corrected chi connectivity index (χ4v) is 3.76. The van der Waals surface area contributed by atoms with Gasteiger partial charge in [-0.2, -0.15) is 0 Å². The Bertz CT molecular complexity index is 1300. The van der Waals surface area contributed by atoms with E-state index < -0.39 is 5.97 Å². The van der Waals surface area contributed by atoms with E-state index in [9.17, 15) is 4.79 Å². The molecular formula is C29H26O4. The summed E-state index contributed by atoms with van der Waals surface area (Å²) in [4.78, 5) is 12.4. The average molecular weight is 439 g/mol. The van der Waals surface area contributed by atoms with Crippen molar-refractivity contribution in [3.05, 3.63) is 101 Å². The first-order valence-electron chi connectivity index (χ1n) is 10.8. The predicted octanol–water partition coefficient (Wildman–Crippen LogP) is 6.62. The van der Waals surface area contributed by atoms with E-state index in [1.165, 1.54) is 10.8 Å². The number of hydrogen-bond acceptors (Lipinski definition) is 4. The second kappa shape index (κ2) is 10.0. The van der Waals surface area contributed by atoms with Crippen LogP contribution in [-0.2, 0) is 4.79 Å². The van der Waals surface area contributed by atoms with E-state index in [0.717, 1.165) is 22.3 Å². The van der Waals surface area contributed by atoms with Crippen LogP contribution in [0, 0.1) is 13.8 Å². The third kappa shape index (κ3) is 5.24. The second-order valence-electron chi connectivity index (χ2n) is 7.80. The third-order valence-electron chi connectivity index (χ3n) is 5.43. The van der Waals surface area contributed by atoms with Gasteiger partial charge in [-0.3, -0.25) is 0 Å². The van der Waals surface area contributed by atoms with Crippen molar-refractivity contribution < 1.29 is 19.0 Å². The SMILES string of the molecule is COc1cc(/C=C/c2cccc3ccccc23)ccc1OC(=O)COc1c(C)cccc1C. The molecule has 4 aromatic rings. The molecule has 0 heterocycles. The highest BCUT2D eigenvalue weighted by molar-refractivity contribution is 5.92. The minimum absolute atomic E-state index is 0.183. The molecule has 0 aliphatic carbocycles. The van der Waals surface area contributed by atoms with Crippen molar-refractivity contribution in [2.75, 3.05) is 13.7 Å². The van der Waals surface area contributed by atoms with Crippen molar-refractivity contribution in [1.29, 1.82) is 0 Å². The molecule has 0 spiro atoms. The molecule has 4 nitrogen and oxygen atoms in total. The van der Waals surface area contributed by atoms with Gasteiger partial charge in [0, 0.05) is 0 Å². The Morgan fingerprint density at radius 2 is 1.55 bits per heavy atom. The number of rotatable bonds is 7. The van der Waals surface area contributed by atoms with Crippen molar-refractivity contribution in [2.24, 2.45) is 0 Å². The molecule has 0 saturated heterocycles. The number of hydrogen-bond donors (Lipinski definition) is 0. The lowest BCUT2D eigenvalue weighted by atomic mass is 10.0. The van der Waals surface area contributed by atoms with Gasteiger partial charge in [0.15, 0.2) is 18.1 Å². The van der Waals surface area contributed by atoms with E-state index in [0.29, 0.717) is 17.2 Å². The molecule has 0 bridgehead atoms. The van der Waals surface area contributed by atoms with Gasteiger partial charge in [0.25, 0.3) is 0 Å². The summed E-state index contributed by atoms with van der Waals surface area (Å²) in [5, 5.41) is 2.39. The summed E-state index contributed by atoms with van der Waals surface area (Å²) in [6, 6.07) is 25.8. The van der Waals surface area contributed by atoms with E-state index >= 15 is 0 Å². The molecule has 33 heavy (non-hydrogen) atoms. The van der Waals surface area contributed by atoms with Crippen LogP contribution >= 0.6 is 0 Å². The molecule has 0 fully saturated rings. The minimum Gasteiger partial charge on any atom is -0.493 e. The molecule has 0 saturated carbocycles. The summed E-state index contributed by atoms with van der Waals surface area (Å²) in [5.74, 6) is 1.05. The Labute approximate surface area is 194 Å². The molecule has 0 unspecified atom stereocenters. The zero-order valence-electron chi connectivity index (χ0n) is 19.0. The summed E-state index contributed by atoms with van der Waals surface area (Å²) in [6.07, 6.45) is 4.08. The van der Waals surface area contributed by atoms with Crippen LogP contribution in [0.25, 0.3) is 22.9 Å². The summed E-state index contributed by atoms with van der Waals surface area (Å²) in [7, 11) is 1.55. The standard InChI is InChI=1S/C29H26O4/c1-20-8-6-9-21(2)29(20)32-19-28(30)33-26-17-15-22(18-27(26)31-3)14-16-24-12-7-11-23-10-4-5-13-25(23)24/h4-18H,19H2,1-3H3/b16-14+. The van der Waals surface area contributed by atoms with E-state index in [1.807, 2.05) is 68.5 Å². The Kier molecular flexibility index (Phi) is 6.75. The number of aryl methyl sites for hydroxylation is 2. The van der Waals surface area contributed by atoms with E-state index in [2.05, 4.69) is 30.3 Å². The number of carbonyl (C=O) groups excluding carboxylic acids is 1. The van der Waals surface area contributed by atoms with Crippen LogP contribution < -0.4 is 14.2 Å². The quantitative estimate of drug-likeness (QED) is 0.185. The van der Waals surface area contributed by atoms with Gasteiger partial charge in [0.05, 0.1) is 7.11 Å². The van der Waals surface area contributed by atoms with Crippen molar-refractivity contribution in [1.82, 2.24) is 0 Å². The Morgan fingerprint density at radius 1 is 0.818 bits per heavy atom. The summed E-state index contributed by atoms with van der Waals surface area (Å²) in [5.41, 5.74) is 4.02. The van der Waals surface area contributed by atoms with Gasteiger partial charge in [0.2, 0.25) is 0 Å². The number of esters is 1. The van der Waals surface area contributed by atoms with E-state index in [1.54, 1.807) is 13.2 Å². The first kappa shape index (κ1) is 22.2. The van der Waals surface area contributed by atoms with Crippen molar-refractivity contribution in [2.45, 2.75) is 13.8 Å². The first-order valence-corrected chi connectivity index (χ1v) is 10.8. The summed E-state index contributed by atoms with van der Waals surface area (Å²) < 4.78 is 16.7. The van der Waals surface area contributed by atoms with Gasteiger partial charge in [-0.15, -0.1) is 0 Å². The van der Waals surface area contributed by atoms with Crippen LogP contribution in [0.3, 0.4) is 0 Å². The molecule has 0 N–H and O–H groups in total. The highest BCUT2D eigenvalue weighted by Crippen LogP contribution is 2.30. The molecule has 4 aromatic carbocycles.